The van der Waals surface area contributed by atoms with Crippen LogP contribution in [0.1, 0.15) is 18.1 Å². The molecule has 1 atom stereocenters. The first-order valence-electron chi connectivity index (χ1n) is 5.72. The van der Waals surface area contributed by atoms with Gasteiger partial charge in [0.15, 0.2) is 0 Å². The highest BCUT2D eigenvalue weighted by Crippen LogP contribution is 2.08. The normalized spacial score (nSPS) is 11.7. The van der Waals surface area contributed by atoms with Gasteiger partial charge in [-0.05, 0) is 18.1 Å². The molecule has 1 amide bonds. The molecule has 1 aromatic carbocycles. The fraction of sp³-hybridized carbons (Fsp3) is 0.385. The summed E-state index contributed by atoms with van der Waals surface area (Å²) in [6.45, 7) is 1.97. The van der Waals surface area contributed by atoms with Gasteiger partial charge in [0.1, 0.15) is 6.04 Å². The minimum Gasteiger partial charge on any atom is -0.467 e. The van der Waals surface area contributed by atoms with Crippen molar-refractivity contribution in [2.45, 2.75) is 25.9 Å². The van der Waals surface area contributed by atoms with E-state index in [1.165, 1.54) is 7.11 Å². The number of esters is 1. The maximum Gasteiger partial charge on any atom is 0.328 e. The largest absolute Gasteiger partial charge is 0.467 e. The molecule has 5 heteroatoms. The Kier molecular flexibility index (Phi) is 5.32. The number of nitrogens with one attached hydrogen (secondary N) is 1. The molecule has 0 fully saturated rings. The molecule has 1 rings (SSSR count). The highest BCUT2D eigenvalue weighted by molar-refractivity contribution is 5.85. The zero-order valence-electron chi connectivity index (χ0n) is 10.6. The summed E-state index contributed by atoms with van der Waals surface area (Å²) in [4.78, 5) is 22.9. The lowest BCUT2D eigenvalue weighted by atomic mass is 10.0. The highest BCUT2D eigenvalue weighted by Gasteiger charge is 2.16. The molecule has 0 aliphatic carbocycles. The number of carbonyl (C=O) groups excluding carboxylic acids is 2. The zero-order valence-corrected chi connectivity index (χ0v) is 10.6. The molecular formula is C13H18N2O3. The molecule has 0 saturated heterocycles. The van der Waals surface area contributed by atoms with Crippen LogP contribution in [-0.4, -0.2) is 25.0 Å². The van der Waals surface area contributed by atoms with Crippen LogP contribution < -0.4 is 11.1 Å². The van der Waals surface area contributed by atoms with Crippen LogP contribution in [0.2, 0.25) is 0 Å². The molecule has 0 saturated carbocycles. The number of ether oxygens (including phenoxy) is 1. The molecule has 0 aliphatic rings. The topological polar surface area (TPSA) is 81.4 Å². The third-order valence-corrected chi connectivity index (χ3v) is 2.62. The summed E-state index contributed by atoms with van der Waals surface area (Å²) in [5.41, 5.74) is 7.39. The molecule has 1 aromatic rings. The van der Waals surface area contributed by atoms with E-state index in [0.717, 1.165) is 11.1 Å². The lowest BCUT2D eigenvalue weighted by molar-refractivity contribution is -0.144. The third kappa shape index (κ3) is 3.85. The van der Waals surface area contributed by atoms with Gasteiger partial charge in [0.2, 0.25) is 5.91 Å². The van der Waals surface area contributed by atoms with Crippen molar-refractivity contribution in [1.82, 2.24) is 5.32 Å². The smallest absolute Gasteiger partial charge is 0.328 e. The number of hydrogen-bond donors (Lipinski definition) is 2. The molecule has 0 heterocycles. The number of benzene rings is 1. The van der Waals surface area contributed by atoms with Crippen LogP contribution in [0.25, 0.3) is 0 Å². The molecule has 0 aromatic heterocycles. The minimum absolute atomic E-state index is 0.203. The van der Waals surface area contributed by atoms with E-state index in [1.54, 1.807) is 6.92 Å². The molecular weight excluding hydrogens is 232 g/mol. The predicted molar refractivity (Wildman–Crippen MR) is 67.7 cm³/mol. The summed E-state index contributed by atoms with van der Waals surface area (Å²) in [5.74, 6) is -0.690. The Bertz CT molecular complexity index is 432. The highest BCUT2D eigenvalue weighted by atomic mass is 16.5. The SMILES string of the molecule is COC(=O)C(C)NC(=O)Cc1ccccc1CN. The van der Waals surface area contributed by atoms with Gasteiger partial charge in [-0.2, -0.15) is 0 Å². The Morgan fingerprint density at radius 2 is 1.94 bits per heavy atom. The van der Waals surface area contributed by atoms with Gasteiger partial charge >= 0.3 is 5.97 Å². The van der Waals surface area contributed by atoms with Crippen molar-refractivity contribution < 1.29 is 14.3 Å². The van der Waals surface area contributed by atoms with E-state index in [-0.39, 0.29) is 12.3 Å². The second-order valence-corrected chi connectivity index (χ2v) is 3.96. The monoisotopic (exact) mass is 250 g/mol. The zero-order chi connectivity index (χ0) is 13.5. The average molecular weight is 250 g/mol. The van der Waals surface area contributed by atoms with Crippen LogP contribution in [0.15, 0.2) is 24.3 Å². The van der Waals surface area contributed by atoms with Crippen molar-refractivity contribution in [3.05, 3.63) is 35.4 Å². The van der Waals surface area contributed by atoms with Crippen LogP contribution in [0, 0.1) is 0 Å². The second-order valence-electron chi connectivity index (χ2n) is 3.96. The summed E-state index contributed by atoms with van der Waals surface area (Å²) in [7, 11) is 1.29. The van der Waals surface area contributed by atoms with Gasteiger partial charge < -0.3 is 15.8 Å². The van der Waals surface area contributed by atoms with E-state index in [1.807, 2.05) is 24.3 Å². The van der Waals surface area contributed by atoms with Gasteiger partial charge in [-0.25, -0.2) is 4.79 Å². The lowest BCUT2D eigenvalue weighted by Gasteiger charge is -2.12. The summed E-state index contributed by atoms with van der Waals surface area (Å²) >= 11 is 0. The Hall–Kier alpha value is -1.88. The molecule has 1 unspecified atom stereocenters. The Morgan fingerprint density at radius 3 is 2.50 bits per heavy atom. The molecule has 0 bridgehead atoms. The van der Waals surface area contributed by atoms with Crippen molar-refractivity contribution in [2.75, 3.05) is 7.11 Å². The molecule has 0 radical (unpaired) electrons. The van der Waals surface area contributed by atoms with Crippen molar-refractivity contribution in [3.63, 3.8) is 0 Å². The first-order chi connectivity index (χ1) is 8.58. The van der Waals surface area contributed by atoms with E-state index >= 15 is 0 Å². The maximum absolute atomic E-state index is 11.8. The van der Waals surface area contributed by atoms with Crippen molar-refractivity contribution in [3.8, 4) is 0 Å². The van der Waals surface area contributed by atoms with Crippen LogP contribution in [0.3, 0.4) is 0 Å². The van der Waals surface area contributed by atoms with Gasteiger partial charge in [-0.1, -0.05) is 24.3 Å². The van der Waals surface area contributed by atoms with E-state index in [0.29, 0.717) is 6.54 Å². The Balaban J connectivity index is 2.62. The van der Waals surface area contributed by atoms with Crippen LogP contribution in [0.4, 0.5) is 0 Å². The molecule has 3 N–H and O–H groups in total. The number of hydrogen-bond acceptors (Lipinski definition) is 4. The van der Waals surface area contributed by atoms with Crippen molar-refractivity contribution >= 4 is 11.9 Å². The lowest BCUT2D eigenvalue weighted by Crippen LogP contribution is -2.40. The van der Waals surface area contributed by atoms with Crippen LogP contribution in [0.5, 0.6) is 0 Å². The van der Waals surface area contributed by atoms with Gasteiger partial charge in [0.25, 0.3) is 0 Å². The fourth-order valence-electron chi connectivity index (χ4n) is 1.63. The first kappa shape index (κ1) is 14.2. The molecule has 18 heavy (non-hydrogen) atoms. The number of amides is 1. The summed E-state index contributed by atoms with van der Waals surface area (Å²) in [5, 5.41) is 2.58. The second kappa shape index (κ2) is 6.76. The Morgan fingerprint density at radius 1 is 1.33 bits per heavy atom. The van der Waals surface area contributed by atoms with Gasteiger partial charge in [0.05, 0.1) is 13.5 Å². The van der Waals surface area contributed by atoms with E-state index < -0.39 is 12.0 Å². The van der Waals surface area contributed by atoms with Gasteiger partial charge in [-0.3, -0.25) is 4.79 Å². The summed E-state index contributed by atoms with van der Waals surface area (Å²) in [6.07, 6.45) is 0.203. The number of carbonyl (C=O) groups is 2. The number of rotatable bonds is 5. The van der Waals surface area contributed by atoms with E-state index in [9.17, 15) is 9.59 Å². The standard InChI is InChI=1S/C13H18N2O3/c1-9(13(17)18-2)15-12(16)7-10-5-3-4-6-11(10)8-14/h3-6,9H,7-8,14H2,1-2H3,(H,15,16). The maximum atomic E-state index is 11.8. The van der Waals surface area contributed by atoms with Gasteiger partial charge in [0, 0.05) is 6.54 Å². The van der Waals surface area contributed by atoms with E-state index in [4.69, 9.17) is 5.73 Å². The van der Waals surface area contributed by atoms with Crippen molar-refractivity contribution in [1.29, 1.82) is 0 Å². The average Bonchev–Trinajstić information content (AvgIpc) is 2.38. The number of methoxy groups -OCH3 is 1. The minimum atomic E-state index is -0.646. The molecule has 0 aliphatic heterocycles. The van der Waals surface area contributed by atoms with Gasteiger partial charge in [-0.15, -0.1) is 0 Å². The quantitative estimate of drug-likeness (QED) is 0.740. The summed E-state index contributed by atoms with van der Waals surface area (Å²) < 4.78 is 4.53. The van der Waals surface area contributed by atoms with E-state index in [2.05, 4.69) is 10.1 Å². The molecule has 5 nitrogen and oxygen atoms in total. The predicted octanol–water partition coefficient (Wildman–Crippen LogP) is 0.365. The van der Waals surface area contributed by atoms with Crippen molar-refractivity contribution in [2.24, 2.45) is 5.73 Å². The fourth-order valence-corrected chi connectivity index (χ4v) is 1.63. The molecule has 0 spiro atoms. The molecule has 98 valence electrons. The summed E-state index contributed by atoms with van der Waals surface area (Å²) in [6, 6.07) is 6.82. The number of nitrogens with two attached hydrogens (primary N) is 1. The van der Waals surface area contributed by atoms with Crippen LogP contribution >= 0.6 is 0 Å². The van der Waals surface area contributed by atoms with Crippen LogP contribution in [-0.2, 0) is 27.3 Å². The third-order valence-electron chi connectivity index (χ3n) is 2.62. The Labute approximate surface area is 106 Å². The first-order valence-corrected chi connectivity index (χ1v) is 5.72.